The topological polar surface area (TPSA) is 123 Å². The lowest BCUT2D eigenvalue weighted by Crippen LogP contribution is -2.46. The van der Waals surface area contributed by atoms with Gasteiger partial charge in [0.2, 0.25) is 0 Å². The lowest BCUT2D eigenvalue weighted by molar-refractivity contribution is 0.0972. The number of nitrogens with two attached hydrogens (primary N) is 1. The number of hydrogen-bond donors (Lipinski definition) is 3. The summed E-state index contributed by atoms with van der Waals surface area (Å²) in [6.45, 7) is 3.06. The molecule has 0 bridgehead atoms. The first-order valence-electron chi connectivity index (χ1n) is 7.81. The first-order valence-corrected chi connectivity index (χ1v) is 7.81. The Balaban J connectivity index is 0.00000225. The molecule has 1 atom stereocenters. The van der Waals surface area contributed by atoms with E-state index in [1.807, 2.05) is 11.6 Å². The van der Waals surface area contributed by atoms with Gasteiger partial charge >= 0.3 is 0 Å². The molecule has 0 aliphatic carbocycles. The second-order valence-electron chi connectivity index (χ2n) is 5.69. The van der Waals surface area contributed by atoms with Crippen LogP contribution in [0.15, 0.2) is 21.5 Å². The fourth-order valence-electron chi connectivity index (χ4n) is 2.72. The Kier molecular flexibility index (Phi) is 6.39. The minimum atomic E-state index is -0.579. The van der Waals surface area contributed by atoms with E-state index in [1.54, 1.807) is 19.2 Å². The van der Waals surface area contributed by atoms with Crippen molar-refractivity contribution in [2.24, 2.45) is 10.7 Å². The summed E-state index contributed by atoms with van der Waals surface area (Å²) in [6.07, 6.45) is 1.85. The predicted molar refractivity (Wildman–Crippen MR) is 103 cm³/mol. The molecule has 2 aromatic heterocycles. The number of fused-ring (bicyclic) bond motifs is 1. The summed E-state index contributed by atoms with van der Waals surface area (Å²) in [7, 11) is 1.71. The Morgan fingerprint density at radius 1 is 1.52 bits per heavy atom. The Hall–Kier alpha value is -2.11. The van der Waals surface area contributed by atoms with E-state index >= 15 is 0 Å². The van der Waals surface area contributed by atoms with Gasteiger partial charge in [-0.1, -0.05) is 0 Å². The maximum absolute atomic E-state index is 11.0. The van der Waals surface area contributed by atoms with E-state index in [0.29, 0.717) is 18.3 Å². The van der Waals surface area contributed by atoms with Gasteiger partial charge in [-0.2, -0.15) is 5.10 Å². The van der Waals surface area contributed by atoms with Crippen LogP contribution < -0.4 is 16.4 Å². The Morgan fingerprint density at radius 2 is 2.32 bits per heavy atom. The van der Waals surface area contributed by atoms with Crippen LogP contribution in [0.2, 0.25) is 0 Å². The third kappa shape index (κ3) is 4.71. The summed E-state index contributed by atoms with van der Waals surface area (Å²) >= 11 is 0. The van der Waals surface area contributed by atoms with Crippen molar-refractivity contribution in [1.82, 2.24) is 25.4 Å². The van der Waals surface area contributed by atoms with Crippen LogP contribution in [0.5, 0.6) is 0 Å². The molecule has 1 unspecified atom stereocenters. The van der Waals surface area contributed by atoms with Crippen LogP contribution in [0.4, 0.5) is 0 Å². The highest BCUT2D eigenvalue weighted by Gasteiger charge is 2.21. The molecule has 3 rings (SSSR count). The van der Waals surface area contributed by atoms with Gasteiger partial charge in [0.15, 0.2) is 11.7 Å². The number of nitrogens with zero attached hydrogens (tertiary/aromatic N) is 4. The molecule has 2 aromatic rings. The molecule has 0 fully saturated rings. The van der Waals surface area contributed by atoms with Gasteiger partial charge in [-0.25, -0.2) is 9.67 Å². The number of halogens is 1. The molecule has 0 saturated heterocycles. The molecule has 9 nitrogen and oxygen atoms in total. The highest BCUT2D eigenvalue weighted by molar-refractivity contribution is 14.0. The molecule has 0 spiro atoms. The first kappa shape index (κ1) is 19.2. The SMILES string of the molecule is CN=C(NCc1ccc(C(N)=O)o1)NC1CCc2nc(C)nn2C1.I. The van der Waals surface area contributed by atoms with E-state index < -0.39 is 5.91 Å². The summed E-state index contributed by atoms with van der Waals surface area (Å²) < 4.78 is 7.28. The number of nitrogens with one attached hydrogen (secondary N) is 2. The molecular weight excluding hydrogens is 437 g/mol. The average Bonchev–Trinajstić information content (AvgIpc) is 3.16. The third-order valence-electron chi connectivity index (χ3n) is 3.86. The molecule has 1 aliphatic rings. The minimum absolute atomic E-state index is 0. The van der Waals surface area contributed by atoms with Crippen molar-refractivity contribution in [2.45, 2.75) is 38.9 Å². The van der Waals surface area contributed by atoms with Crippen LogP contribution in [0, 0.1) is 6.92 Å². The van der Waals surface area contributed by atoms with E-state index in [1.165, 1.54) is 0 Å². The number of amides is 1. The molecule has 136 valence electrons. The number of aliphatic imine (C=N–C) groups is 1. The number of aryl methyl sites for hydroxylation is 2. The second kappa shape index (κ2) is 8.32. The van der Waals surface area contributed by atoms with Crippen LogP contribution in [0.3, 0.4) is 0 Å². The van der Waals surface area contributed by atoms with E-state index in [4.69, 9.17) is 10.2 Å². The van der Waals surface area contributed by atoms with Gasteiger partial charge in [-0.15, -0.1) is 24.0 Å². The zero-order chi connectivity index (χ0) is 17.1. The fraction of sp³-hybridized carbons (Fsp3) is 0.467. The zero-order valence-electron chi connectivity index (χ0n) is 14.2. The van der Waals surface area contributed by atoms with Crippen LogP contribution in [-0.2, 0) is 19.5 Å². The summed E-state index contributed by atoms with van der Waals surface area (Å²) in [4.78, 5) is 19.7. The zero-order valence-corrected chi connectivity index (χ0v) is 16.5. The number of aromatic nitrogens is 3. The summed E-state index contributed by atoms with van der Waals surface area (Å²) in [6, 6.07) is 3.50. The second-order valence-corrected chi connectivity index (χ2v) is 5.69. The molecular formula is C15H22IN7O2. The highest BCUT2D eigenvalue weighted by atomic mass is 127. The van der Waals surface area contributed by atoms with Crippen LogP contribution in [0.1, 0.15) is 34.4 Å². The Labute approximate surface area is 162 Å². The molecule has 0 aromatic carbocycles. The monoisotopic (exact) mass is 459 g/mol. The molecule has 0 radical (unpaired) electrons. The summed E-state index contributed by atoms with van der Waals surface area (Å²) in [5.41, 5.74) is 5.17. The number of carbonyl (C=O) groups is 1. The van der Waals surface area contributed by atoms with Crippen LogP contribution in [-0.4, -0.2) is 39.7 Å². The lowest BCUT2D eigenvalue weighted by Gasteiger charge is -2.25. The predicted octanol–water partition coefficient (Wildman–Crippen LogP) is 0.576. The maximum atomic E-state index is 11.0. The van der Waals surface area contributed by atoms with Crippen molar-refractivity contribution in [3.63, 3.8) is 0 Å². The number of guanidine groups is 1. The van der Waals surface area contributed by atoms with Crippen molar-refractivity contribution in [2.75, 3.05) is 7.05 Å². The molecule has 10 heteroatoms. The Morgan fingerprint density at radius 3 is 3.00 bits per heavy atom. The molecule has 3 heterocycles. The highest BCUT2D eigenvalue weighted by Crippen LogP contribution is 2.13. The molecule has 1 aliphatic heterocycles. The molecule has 1 amide bonds. The molecule has 0 saturated carbocycles. The van der Waals surface area contributed by atoms with E-state index in [2.05, 4.69) is 25.7 Å². The standard InChI is InChI=1S/C15H21N7O2.HI/c1-9-19-13-6-3-10(8-22(13)21-9)20-15(17-2)18-7-11-4-5-12(24-11)14(16)23;/h4-5,10H,3,6-8H2,1-2H3,(H2,16,23)(H2,17,18,20);1H. The average molecular weight is 459 g/mol. The van der Waals surface area contributed by atoms with Crippen molar-refractivity contribution < 1.29 is 9.21 Å². The smallest absolute Gasteiger partial charge is 0.284 e. The van der Waals surface area contributed by atoms with Crippen molar-refractivity contribution in [3.05, 3.63) is 35.3 Å². The van der Waals surface area contributed by atoms with Gasteiger partial charge in [-0.3, -0.25) is 9.79 Å². The van der Waals surface area contributed by atoms with Crippen LogP contribution in [0.25, 0.3) is 0 Å². The van der Waals surface area contributed by atoms with Gasteiger partial charge in [0.1, 0.15) is 17.4 Å². The van der Waals surface area contributed by atoms with Crippen molar-refractivity contribution >= 4 is 35.8 Å². The number of rotatable bonds is 4. The molecule has 25 heavy (non-hydrogen) atoms. The van der Waals surface area contributed by atoms with Gasteiger partial charge in [0.25, 0.3) is 5.91 Å². The van der Waals surface area contributed by atoms with Crippen molar-refractivity contribution in [3.8, 4) is 0 Å². The Bertz CT molecular complexity index is 768. The minimum Gasteiger partial charge on any atom is -0.454 e. The van der Waals surface area contributed by atoms with Gasteiger partial charge in [0, 0.05) is 19.5 Å². The van der Waals surface area contributed by atoms with Gasteiger partial charge in [0.05, 0.1) is 13.1 Å². The third-order valence-corrected chi connectivity index (χ3v) is 3.86. The molecule has 4 N–H and O–H groups in total. The normalized spacial score (nSPS) is 16.7. The summed E-state index contributed by atoms with van der Waals surface area (Å²) in [5, 5.41) is 10.9. The first-order chi connectivity index (χ1) is 11.5. The number of furan rings is 1. The number of hydrogen-bond acceptors (Lipinski definition) is 5. The summed E-state index contributed by atoms with van der Waals surface area (Å²) in [5.74, 6) is 2.68. The van der Waals surface area contributed by atoms with E-state index in [9.17, 15) is 4.79 Å². The van der Waals surface area contributed by atoms with Crippen molar-refractivity contribution in [1.29, 1.82) is 0 Å². The van der Waals surface area contributed by atoms with Gasteiger partial charge in [-0.05, 0) is 25.5 Å². The van der Waals surface area contributed by atoms with Crippen LogP contribution >= 0.6 is 24.0 Å². The fourth-order valence-corrected chi connectivity index (χ4v) is 2.72. The maximum Gasteiger partial charge on any atom is 0.284 e. The number of primary amides is 1. The largest absolute Gasteiger partial charge is 0.454 e. The quantitative estimate of drug-likeness (QED) is 0.349. The lowest BCUT2D eigenvalue weighted by atomic mass is 10.1. The van der Waals surface area contributed by atoms with E-state index in [0.717, 1.165) is 31.0 Å². The number of carbonyl (C=O) groups excluding carboxylic acids is 1. The van der Waals surface area contributed by atoms with Gasteiger partial charge < -0.3 is 20.8 Å². The van der Waals surface area contributed by atoms with E-state index in [-0.39, 0.29) is 35.8 Å².